The molecular weight excluding hydrogens is 338 g/mol. The smallest absolute Gasteiger partial charge is 0.119 e. The molecule has 4 nitrogen and oxygen atoms in total. The monoisotopic (exact) mass is 377 g/mol. The number of aliphatic hydroxyl groups excluding tert-OH is 1. The summed E-state index contributed by atoms with van der Waals surface area (Å²) in [4.78, 5) is 2.45. The highest BCUT2D eigenvalue weighted by molar-refractivity contribution is 5.28. The van der Waals surface area contributed by atoms with E-state index in [0.29, 0.717) is 32.3 Å². The molecule has 1 aliphatic rings. The van der Waals surface area contributed by atoms with Crippen molar-refractivity contribution in [3.8, 4) is 5.75 Å². The topological polar surface area (TPSA) is 41.9 Å². The summed E-state index contributed by atoms with van der Waals surface area (Å²) in [6, 6.07) is 8.22. The Morgan fingerprint density at radius 3 is 2.15 bits per heavy atom. The van der Waals surface area contributed by atoms with Gasteiger partial charge in [-0.2, -0.15) is 0 Å². The largest absolute Gasteiger partial charge is 0.491 e. The molecule has 2 rings (SSSR count). The van der Waals surface area contributed by atoms with E-state index in [-0.39, 0.29) is 11.1 Å². The summed E-state index contributed by atoms with van der Waals surface area (Å²) in [5, 5.41) is 10.5. The Bertz CT molecular complexity index is 549. The third-order valence-corrected chi connectivity index (χ3v) is 5.79. The van der Waals surface area contributed by atoms with Crippen molar-refractivity contribution in [1.29, 1.82) is 0 Å². The number of aliphatic hydroxyl groups is 1. The molecule has 0 aromatic heterocycles. The Morgan fingerprint density at radius 2 is 1.59 bits per heavy atom. The number of rotatable bonds is 9. The molecule has 1 aliphatic heterocycles. The minimum Gasteiger partial charge on any atom is -0.491 e. The first-order chi connectivity index (χ1) is 12.6. The van der Waals surface area contributed by atoms with Gasteiger partial charge in [0.1, 0.15) is 12.4 Å². The molecular formula is C23H39NO3. The quantitative estimate of drug-likeness (QED) is 0.638. The fraction of sp³-hybridized carbons (Fsp3) is 0.739. The Hall–Kier alpha value is -1.10. The Kier molecular flexibility index (Phi) is 7.73. The van der Waals surface area contributed by atoms with Crippen LogP contribution >= 0.6 is 0 Å². The van der Waals surface area contributed by atoms with Gasteiger partial charge in [0.2, 0.25) is 0 Å². The highest BCUT2D eigenvalue weighted by Gasteiger charge is 2.41. The number of piperidine rings is 1. The van der Waals surface area contributed by atoms with Crippen LogP contribution in [0.5, 0.6) is 5.75 Å². The number of hydrogen-bond acceptors (Lipinski definition) is 4. The Morgan fingerprint density at radius 1 is 1.00 bits per heavy atom. The molecule has 1 N–H and O–H groups in total. The molecule has 4 heteroatoms. The average molecular weight is 378 g/mol. The van der Waals surface area contributed by atoms with Gasteiger partial charge in [0.05, 0.1) is 19.3 Å². The fourth-order valence-corrected chi connectivity index (χ4v) is 4.19. The van der Waals surface area contributed by atoms with Crippen LogP contribution in [0.25, 0.3) is 0 Å². The molecule has 0 radical (unpaired) electrons. The van der Waals surface area contributed by atoms with Crippen LogP contribution in [0.15, 0.2) is 24.3 Å². The van der Waals surface area contributed by atoms with Crippen LogP contribution in [0, 0.1) is 0 Å². The van der Waals surface area contributed by atoms with Crippen LogP contribution < -0.4 is 4.74 Å². The maximum Gasteiger partial charge on any atom is 0.119 e. The zero-order valence-electron chi connectivity index (χ0n) is 18.1. The summed E-state index contributed by atoms with van der Waals surface area (Å²) in [7, 11) is 0. The first-order valence-electron chi connectivity index (χ1n) is 10.4. The fourth-order valence-electron chi connectivity index (χ4n) is 4.19. The van der Waals surface area contributed by atoms with Crippen molar-refractivity contribution >= 4 is 0 Å². The summed E-state index contributed by atoms with van der Waals surface area (Å²) < 4.78 is 11.4. The lowest BCUT2D eigenvalue weighted by Gasteiger charge is -2.53. The second kappa shape index (κ2) is 9.40. The van der Waals surface area contributed by atoms with Gasteiger partial charge in [0.25, 0.3) is 0 Å². The number of β-amino-alcohol motifs (C(OH)–C–C–N with tert-alkyl or cyclic N) is 1. The van der Waals surface area contributed by atoms with Crippen LogP contribution in [0.2, 0.25) is 0 Å². The van der Waals surface area contributed by atoms with Gasteiger partial charge in [-0.15, -0.1) is 0 Å². The van der Waals surface area contributed by atoms with Crippen molar-refractivity contribution in [1.82, 2.24) is 4.90 Å². The van der Waals surface area contributed by atoms with Gasteiger partial charge < -0.3 is 14.6 Å². The van der Waals surface area contributed by atoms with Crippen molar-refractivity contribution in [2.24, 2.45) is 0 Å². The lowest BCUT2D eigenvalue weighted by atomic mass is 9.79. The SMILES string of the molecule is CC(C)c1ccc(OCCOC[C@@H](O)CN2C(C)(C)CCCC2(C)C)cc1. The number of benzene rings is 1. The van der Waals surface area contributed by atoms with Crippen LogP contribution in [0.3, 0.4) is 0 Å². The van der Waals surface area contributed by atoms with Gasteiger partial charge in [-0.05, 0) is 70.6 Å². The Balaban J connectivity index is 1.69. The molecule has 1 atom stereocenters. The number of hydrogen-bond donors (Lipinski definition) is 1. The molecule has 27 heavy (non-hydrogen) atoms. The molecule has 0 unspecified atom stereocenters. The van der Waals surface area contributed by atoms with E-state index in [4.69, 9.17) is 9.47 Å². The van der Waals surface area contributed by atoms with Crippen molar-refractivity contribution in [2.45, 2.75) is 83.9 Å². The van der Waals surface area contributed by atoms with E-state index in [2.05, 4.69) is 58.6 Å². The molecule has 0 amide bonds. The second-order valence-electron chi connectivity index (χ2n) is 9.39. The summed E-state index contributed by atoms with van der Waals surface area (Å²) in [6.07, 6.45) is 3.12. The van der Waals surface area contributed by atoms with Gasteiger partial charge in [0, 0.05) is 17.6 Å². The summed E-state index contributed by atoms with van der Waals surface area (Å²) in [6.45, 7) is 15.4. The van der Waals surface area contributed by atoms with Gasteiger partial charge in [0.15, 0.2) is 0 Å². The minimum atomic E-state index is -0.480. The van der Waals surface area contributed by atoms with Crippen LogP contribution in [-0.4, -0.2) is 53.6 Å². The normalized spacial score (nSPS) is 20.6. The second-order valence-corrected chi connectivity index (χ2v) is 9.39. The molecule has 1 aromatic rings. The molecule has 0 aliphatic carbocycles. The molecule has 0 saturated carbocycles. The predicted molar refractivity (Wildman–Crippen MR) is 112 cm³/mol. The maximum atomic E-state index is 10.5. The third-order valence-electron chi connectivity index (χ3n) is 5.79. The molecule has 0 bridgehead atoms. The molecule has 1 fully saturated rings. The van der Waals surface area contributed by atoms with E-state index in [0.717, 1.165) is 5.75 Å². The molecule has 154 valence electrons. The zero-order chi connectivity index (χ0) is 20.1. The Labute approximate surface area is 165 Å². The lowest BCUT2D eigenvalue weighted by Crippen LogP contribution is -2.60. The number of likely N-dealkylation sites (tertiary alicyclic amines) is 1. The highest BCUT2D eigenvalue weighted by Crippen LogP contribution is 2.38. The van der Waals surface area contributed by atoms with Gasteiger partial charge >= 0.3 is 0 Å². The summed E-state index contributed by atoms with van der Waals surface area (Å²) in [5.41, 5.74) is 1.55. The van der Waals surface area contributed by atoms with Crippen LogP contribution in [-0.2, 0) is 4.74 Å². The van der Waals surface area contributed by atoms with E-state index < -0.39 is 6.10 Å². The van der Waals surface area contributed by atoms with Crippen molar-refractivity contribution in [3.05, 3.63) is 29.8 Å². The zero-order valence-corrected chi connectivity index (χ0v) is 18.1. The standard InChI is InChI=1S/C23H39NO3/c1-18(2)19-8-10-21(11-9-19)27-15-14-26-17-20(25)16-24-22(3,4)12-7-13-23(24,5)6/h8-11,18,20,25H,7,12-17H2,1-6H3/t20-/m0/s1. The van der Waals surface area contributed by atoms with E-state index in [1.807, 2.05) is 12.1 Å². The molecule has 1 saturated heterocycles. The van der Waals surface area contributed by atoms with Crippen LogP contribution in [0.4, 0.5) is 0 Å². The summed E-state index contributed by atoms with van der Waals surface area (Å²) >= 11 is 0. The first kappa shape index (κ1) is 22.2. The number of nitrogens with zero attached hydrogens (tertiary/aromatic N) is 1. The van der Waals surface area contributed by atoms with Crippen molar-refractivity contribution in [2.75, 3.05) is 26.4 Å². The first-order valence-corrected chi connectivity index (χ1v) is 10.4. The van der Waals surface area contributed by atoms with E-state index >= 15 is 0 Å². The third kappa shape index (κ3) is 6.48. The molecule has 1 aromatic carbocycles. The highest BCUT2D eigenvalue weighted by atomic mass is 16.5. The average Bonchev–Trinajstić information content (AvgIpc) is 2.58. The maximum absolute atomic E-state index is 10.5. The molecule has 0 spiro atoms. The van der Waals surface area contributed by atoms with E-state index in [1.54, 1.807) is 0 Å². The molecule has 1 heterocycles. The van der Waals surface area contributed by atoms with Gasteiger partial charge in [-0.1, -0.05) is 26.0 Å². The van der Waals surface area contributed by atoms with Crippen LogP contribution in [0.1, 0.15) is 72.3 Å². The number of ether oxygens (including phenoxy) is 2. The summed E-state index contributed by atoms with van der Waals surface area (Å²) in [5.74, 6) is 1.39. The van der Waals surface area contributed by atoms with E-state index in [9.17, 15) is 5.11 Å². The van der Waals surface area contributed by atoms with Gasteiger partial charge in [-0.25, -0.2) is 0 Å². The van der Waals surface area contributed by atoms with E-state index in [1.165, 1.54) is 24.8 Å². The van der Waals surface area contributed by atoms with Gasteiger partial charge in [-0.3, -0.25) is 4.90 Å². The van der Waals surface area contributed by atoms with Crippen molar-refractivity contribution in [3.63, 3.8) is 0 Å². The predicted octanol–water partition coefficient (Wildman–Crippen LogP) is 4.61. The lowest BCUT2D eigenvalue weighted by molar-refractivity contribution is -0.0710. The van der Waals surface area contributed by atoms with Crippen molar-refractivity contribution < 1.29 is 14.6 Å². The minimum absolute atomic E-state index is 0.119.